The molecule has 28 heavy (non-hydrogen) atoms. The van der Waals surface area contributed by atoms with Gasteiger partial charge in [0.15, 0.2) is 10.8 Å². The average Bonchev–Trinajstić information content (AvgIpc) is 3.20. The Morgan fingerprint density at radius 1 is 1.39 bits per heavy atom. The monoisotopic (exact) mass is 423 g/mol. The minimum absolute atomic E-state index is 0.0403. The summed E-state index contributed by atoms with van der Waals surface area (Å²) in [5.41, 5.74) is -2.69. The molecule has 12 heteroatoms. The summed E-state index contributed by atoms with van der Waals surface area (Å²) < 4.78 is 69.6. The van der Waals surface area contributed by atoms with Gasteiger partial charge in [0.1, 0.15) is 5.41 Å². The maximum atomic E-state index is 13.9. The smallest absolute Gasteiger partial charge is 0.335 e. The van der Waals surface area contributed by atoms with Crippen molar-refractivity contribution < 1.29 is 26.7 Å². The molecule has 3 heterocycles. The van der Waals surface area contributed by atoms with Crippen molar-refractivity contribution >= 4 is 29.0 Å². The van der Waals surface area contributed by atoms with E-state index in [0.29, 0.717) is 0 Å². The van der Waals surface area contributed by atoms with E-state index in [2.05, 4.69) is 15.4 Å². The molecule has 1 aliphatic heterocycles. The van der Waals surface area contributed by atoms with Gasteiger partial charge < -0.3 is 5.32 Å². The van der Waals surface area contributed by atoms with E-state index in [1.165, 1.54) is 6.07 Å². The van der Waals surface area contributed by atoms with Gasteiger partial charge in [-0.2, -0.15) is 18.3 Å². The van der Waals surface area contributed by atoms with Crippen molar-refractivity contribution in [3.8, 4) is 0 Å². The van der Waals surface area contributed by atoms with Gasteiger partial charge in [-0.1, -0.05) is 11.6 Å². The molecular weight excluding hydrogens is 409 g/mol. The summed E-state index contributed by atoms with van der Waals surface area (Å²) in [6.07, 6.45) is -4.42. The van der Waals surface area contributed by atoms with E-state index in [-0.39, 0.29) is 35.0 Å². The molecule has 2 aromatic rings. The highest BCUT2D eigenvalue weighted by Gasteiger charge is 2.60. The summed E-state index contributed by atoms with van der Waals surface area (Å²) in [5, 5.41) is 6.25. The van der Waals surface area contributed by atoms with Gasteiger partial charge in [-0.05, 0) is 13.3 Å². The summed E-state index contributed by atoms with van der Waals surface area (Å²) in [6.45, 7) is 0.233. The molecule has 4 rings (SSSR count). The molecule has 1 fully saturated rings. The van der Waals surface area contributed by atoms with Gasteiger partial charge in [-0.25, -0.2) is 23.1 Å². The van der Waals surface area contributed by atoms with Crippen LogP contribution in [0, 0.1) is 0 Å². The Labute approximate surface area is 160 Å². The molecule has 1 aliphatic carbocycles. The minimum Gasteiger partial charge on any atom is -0.335 e. The summed E-state index contributed by atoms with van der Waals surface area (Å²) in [7, 11) is 0. The molecule has 0 saturated heterocycles. The zero-order valence-corrected chi connectivity index (χ0v) is 15.3. The Morgan fingerprint density at radius 3 is 2.71 bits per heavy atom. The van der Waals surface area contributed by atoms with Gasteiger partial charge in [0, 0.05) is 31.5 Å². The second-order valence-corrected chi connectivity index (χ2v) is 7.78. The molecule has 0 aromatic carbocycles. The molecule has 2 aliphatic rings. The Balaban J connectivity index is 1.74. The molecule has 2 atom stereocenters. The van der Waals surface area contributed by atoms with Crippen LogP contribution in [-0.2, 0) is 5.41 Å². The number of carbonyl (C=O) groups is 1. The normalized spacial score (nSPS) is 26.7. The lowest BCUT2D eigenvalue weighted by Crippen LogP contribution is -2.49. The number of nitrogens with one attached hydrogen (secondary N) is 1. The molecule has 1 saturated carbocycles. The molecule has 1 N–H and O–H groups in total. The third-order valence-electron chi connectivity index (χ3n) is 5.32. The van der Waals surface area contributed by atoms with Gasteiger partial charge in [0.05, 0.1) is 17.6 Å². The van der Waals surface area contributed by atoms with Crippen LogP contribution in [0.1, 0.15) is 31.9 Å². The zero-order valence-electron chi connectivity index (χ0n) is 14.5. The number of carbonyl (C=O) groups excluding carboxylic acids is 1. The number of alkyl halides is 5. The first kappa shape index (κ1) is 19.2. The molecule has 0 bridgehead atoms. The van der Waals surface area contributed by atoms with Gasteiger partial charge in [0.25, 0.3) is 0 Å². The van der Waals surface area contributed by atoms with Crippen molar-refractivity contribution in [1.29, 1.82) is 0 Å². The van der Waals surface area contributed by atoms with Crippen LogP contribution in [0.5, 0.6) is 0 Å². The predicted octanol–water partition coefficient (Wildman–Crippen LogP) is 3.92. The fourth-order valence-corrected chi connectivity index (χ4v) is 3.99. The Bertz CT molecular complexity index is 961. The van der Waals surface area contributed by atoms with E-state index in [9.17, 15) is 26.7 Å². The van der Waals surface area contributed by atoms with Gasteiger partial charge in [-0.15, -0.1) is 0 Å². The quantitative estimate of drug-likeness (QED) is 0.707. The fraction of sp³-hybridized carbons (Fsp3) is 0.562. The Kier molecular flexibility index (Phi) is 4.05. The van der Waals surface area contributed by atoms with Gasteiger partial charge >= 0.3 is 12.2 Å². The number of fused-ring (bicyclic) bond motifs is 3. The van der Waals surface area contributed by atoms with Crippen molar-refractivity contribution in [2.45, 2.75) is 49.7 Å². The van der Waals surface area contributed by atoms with E-state index >= 15 is 0 Å². The Morgan fingerprint density at radius 2 is 2.11 bits per heavy atom. The summed E-state index contributed by atoms with van der Waals surface area (Å²) in [5.74, 6) is -2.89. The van der Waals surface area contributed by atoms with Gasteiger partial charge in [0.2, 0.25) is 5.92 Å². The molecule has 2 aromatic heterocycles. The van der Waals surface area contributed by atoms with Crippen molar-refractivity contribution in [2.75, 3.05) is 11.4 Å². The summed E-state index contributed by atoms with van der Waals surface area (Å²) >= 11 is 5.81. The van der Waals surface area contributed by atoms with Gasteiger partial charge in [-0.3, -0.25) is 4.90 Å². The number of hydrogen-bond donors (Lipinski definition) is 1. The zero-order chi connectivity index (χ0) is 20.5. The lowest BCUT2D eigenvalue weighted by atomic mass is 9.88. The number of hydrogen-bond acceptors (Lipinski definition) is 3. The number of nitrogens with zero attached hydrogens (tertiary/aromatic N) is 4. The third kappa shape index (κ3) is 2.87. The number of rotatable bonds is 1. The SMILES string of the molecule is C[C@@]1(C(F)(F)F)CN(C(=O)N[C@H]2CCC(F)(F)C2)c2cnc3cc(Cl)nn3c21. The van der Waals surface area contributed by atoms with Crippen LogP contribution in [0.15, 0.2) is 12.3 Å². The maximum absolute atomic E-state index is 13.9. The summed E-state index contributed by atoms with van der Waals surface area (Å²) in [6, 6.07) is -0.377. The van der Waals surface area contributed by atoms with Crippen molar-refractivity contribution in [3.05, 3.63) is 23.1 Å². The largest absolute Gasteiger partial charge is 0.401 e. The van der Waals surface area contributed by atoms with Crippen LogP contribution in [0.3, 0.4) is 0 Å². The van der Waals surface area contributed by atoms with Crippen LogP contribution in [-0.4, -0.2) is 45.3 Å². The number of anilines is 1. The fourth-order valence-electron chi connectivity index (χ4n) is 3.82. The first-order valence-electron chi connectivity index (χ1n) is 8.49. The molecule has 0 unspecified atom stereocenters. The van der Waals surface area contributed by atoms with Crippen LogP contribution in [0.2, 0.25) is 5.15 Å². The van der Waals surface area contributed by atoms with Crippen LogP contribution >= 0.6 is 11.6 Å². The van der Waals surface area contributed by atoms with Crippen LogP contribution in [0.25, 0.3) is 5.65 Å². The number of aromatic nitrogens is 3. The molecule has 0 spiro atoms. The van der Waals surface area contributed by atoms with E-state index in [0.717, 1.165) is 22.5 Å². The molecule has 2 amide bonds. The molecular formula is C16H15ClF5N5O. The molecule has 0 radical (unpaired) electrons. The van der Waals surface area contributed by atoms with Crippen molar-refractivity contribution in [2.24, 2.45) is 0 Å². The minimum atomic E-state index is -4.70. The number of urea groups is 1. The van der Waals surface area contributed by atoms with Crippen molar-refractivity contribution in [1.82, 2.24) is 19.9 Å². The number of amides is 2. The van der Waals surface area contributed by atoms with Crippen molar-refractivity contribution in [3.63, 3.8) is 0 Å². The highest BCUT2D eigenvalue weighted by molar-refractivity contribution is 6.29. The van der Waals surface area contributed by atoms with E-state index in [1.807, 2.05) is 0 Å². The summed E-state index contributed by atoms with van der Waals surface area (Å²) in [4.78, 5) is 17.5. The van der Waals surface area contributed by atoms with Crippen LogP contribution in [0.4, 0.5) is 32.4 Å². The predicted molar refractivity (Wildman–Crippen MR) is 89.9 cm³/mol. The number of halogens is 6. The molecule has 152 valence electrons. The van der Waals surface area contributed by atoms with E-state index in [1.54, 1.807) is 0 Å². The first-order chi connectivity index (χ1) is 12.9. The van der Waals surface area contributed by atoms with E-state index < -0.39 is 42.6 Å². The van der Waals surface area contributed by atoms with E-state index in [4.69, 9.17) is 11.6 Å². The maximum Gasteiger partial charge on any atom is 0.401 e. The Hall–Kier alpha value is -2.17. The lowest BCUT2D eigenvalue weighted by Gasteiger charge is -2.28. The first-order valence-corrected chi connectivity index (χ1v) is 8.86. The van der Waals surface area contributed by atoms with Crippen LogP contribution < -0.4 is 10.2 Å². The highest BCUT2D eigenvalue weighted by atomic mass is 35.5. The highest BCUT2D eigenvalue weighted by Crippen LogP contribution is 2.50. The molecule has 6 nitrogen and oxygen atoms in total. The topological polar surface area (TPSA) is 62.5 Å². The second-order valence-electron chi connectivity index (χ2n) is 7.39. The second kappa shape index (κ2) is 5.91. The average molecular weight is 424 g/mol. The third-order valence-corrected chi connectivity index (χ3v) is 5.51. The standard InChI is InChI=1S/C16H15ClF5N5O/c1-14(16(20,21)22)7-26(13(28)24-8-2-3-15(18,19)5-8)9-6-23-11-4-10(17)25-27(11)12(9)14/h4,6,8H,2-3,5,7H2,1H3,(H,24,28)/t8-,14+/m0/s1. The lowest BCUT2D eigenvalue weighted by molar-refractivity contribution is -0.181.